The third-order valence-corrected chi connectivity index (χ3v) is 5.26. The number of hydrogen-bond acceptors (Lipinski definition) is 6. The van der Waals surface area contributed by atoms with Gasteiger partial charge < -0.3 is 4.74 Å². The molecule has 6 nitrogen and oxygen atoms in total. The first kappa shape index (κ1) is 19.6. The van der Waals surface area contributed by atoms with E-state index in [1.807, 2.05) is 6.26 Å². The lowest BCUT2D eigenvalue weighted by atomic mass is 10.1. The van der Waals surface area contributed by atoms with Crippen LogP contribution in [-0.4, -0.2) is 27.3 Å². The lowest BCUT2D eigenvalue weighted by Crippen LogP contribution is -2.37. The second-order valence-corrected chi connectivity index (χ2v) is 7.43. The van der Waals surface area contributed by atoms with Crippen LogP contribution in [0.3, 0.4) is 0 Å². The van der Waals surface area contributed by atoms with E-state index in [2.05, 4.69) is 15.2 Å². The van der Waals surface area contributed by atoms with Crippen molar-refractivity contribution < 1.29 is 13.9 Å². The monoisotopic (exact) mass is 430 g/mol. The number of fused-ring (bicyclic) bond motifs is 3. The molecule has 3 aromatic rings. The van der Waals surface area contributed by atoms with Crippen LogP contribution in [0.5, 0.6) is 5.88 Å². The van der Waals surface area contributed by atoms with Crippen LogP contribution < -0.4 is 9.64 Å². The zero-order valence-corrected chi connectivity index (χ0v) is 17.2. The number of nitrogens with zero attached hydrogens (tertiary/aromatic N) is 4. The third kappa shape index (κ3) is 3.54. The molecule has 148 valence electrons. The average Bonchev–Trinajstić information content (AvgIpc) is 2.87. The molecule has 1 atom stereocenters. The maximum Gasteiger partial charge on any atom is 0.247 e. The summed E-state index contributed by atoms with van der Waals surface area (Å²) in [5.41, 5.74) is 1.60. The molecule has 2 aromatic carbocycles. The maximum absolute atomic E-state index is 14.7. The number of amides is 1. The standard InChI is InChI=1S/C20H16ClFN4O2S/c1-3-16(27)26-15-9-8-11(21)10-13(15)17-18(23-20(29-2)25-24-17)28-19(26)12-6-4-5-7-14(12)22/h4-10,19H,3H2,1-2H3. The number of thioether (sulfide) groups is 1. The van der Waals surface area contributed by atoms with E-state index in [4.69, 9.17) is 16.3 Å². The Hall–Kier alpha value is -2.71. The van der Waals surface area contributed by atoms with Gasteiger partial charge in [0.05, 0.1) is 5.69 Å². The molecule has 0 fully saturated rings. The molecule has 1 unspecified atom stereocenters. The molecule has 1 aliphatic heterocycles. The quantitative estimate of drug-likeness (QED) is 0.551. The predicted molar refractivity (Wildman–Crippen MR) is 110 cm³/mol. The second kappa shape index (κ2) is 7.96. The van der Waals surface area contributed by atoms with Crippen LogP contribution in [0.1, 0.15) is 25.1 Å². The Morgan fingerprint density at radius 2 is 2.07 bits per heavy atom. The van der Waals surface area contributed by atoms with Crippen molar-refractivity contribution >= 4 is 35.0 Å². The number of rotatable bonds is 3. The van der Waals surface area contributed by atoms with Gasteiger partial charge in [-0.15, -0.1) is 10.2 Å². The number of carbonyl (C=O) groups excluding carboxylic acids is 1. The fourth-order valence-corrected chi connectivity index (χ4v) is 3.61. The average molecular weight is 431 g/mol. The zero-order chi connectivity index (χ0) is 20.5. The van der Waals surface area contributed by atoms with Gasteiger partial charge in [0.2, 0.25) is 23.2 Å². The molecule has 4 rings (SSSR count). The summed E-state index contributed by atoms with van der Waals surface area (Å²) >= 11 is 7.52. The van der Waals surface area contributed by atoms with Crippen LogP contribution in [0.4, 0.5) is 10.1 Å². The van der Waals surface area contributed by atoms with Gasteiger partial charge >= 0.3 is 0 Å². The number of aromatic nitrogens is 3. The van der Waals surface area contributed by atoms with E-state index in [0.29, 0.717) is 27.1 Å². The van der Waals surface area contributed by atoms with Crippen LogP contribution in [0.2, 0.25) is 5.02 Å². The molecule has 0 bridgehead atoms. The summed E-state index contributed by atoms with van der Waals surface area (Å²) in [6.45, 7) is 1.73. The summed E-state index contributed by atoms with van der Waals surface area (Å²) in [6, 6.07) is 11.2. The number of ether oxygens (including phenoxy) is 1. The van der Waals surface area contributed by atoms with Crippen molar-refractivity contribution in [2.45, 2.75) is 24.7 Å². The fraction of sp³-hybridized carbons (Fsp3) is 0.200. The minimum Gasteiger partial charge on any atom is -0.447 e. The highest BCUT2D eigenvalue weighted by molar-refractivity contribution is 7.98. The van der Waals surface area contributed by atoms with Gasteiger partial charge in [-0.25, -0.2) is 4.39 Å². The normalized spacial score (nSPS) is 15.2. The Labute approximate surface area is 176 Å². The molecule has 9 heteroatoms. The van der Waals surface area contributed by atoms with Gasteiger partial charge in [-0.3, -0.25) is 9.69 Å². The van der Waals surface area contributed by atoms with Crippen LogP contribution in [-0.2, 0) is 4.79 Å². The Morgan fingerprint density at radius 1 is 1.28 bits per heavy atom. The summed E-state index contributed by atoms with van der Waals surface area (Å²) in [4.78, 5) is 18.8. The first-order valence-corrected chi connectivity index (χ1v) is 10.5. The Balaban J connectivity index is 2.02. The minimum atomic E-state index is -1.06. The molecule has 0 N–H and O–H groups in total. The number of benzene rings is 2. The zero-order valence-electron chi connectivity index (χ0n) is 15.6. The first-order chi connectivity index (χ1) is 14.0. The lowest BCUT2D eigenvalue weighted by Gasteiger charge is -2.30. The summed E-state index contributed by atoms with van der Waals surface area (Å²) < 4.78 is 20.8. The van der Waals surface area contributed by atoms with Gasteiger partial charge in [0.15, 0.2) is 5.69 Å². The van der Waals surface area contributed by atoms with Crippen molar-refractivity contribution in [3.05, 3.63) is 58.9 Å². The van der Waals surface area contributed by atoms with Crippen LogP contribution >= 0.6 is 23.4 Å². The van der Waals surface area contributed by atoms with Gasteiger partial charge in [0.25, 0.3) is 0 Å². The van der Waals surface area contributed by atoms with E-state index >= 15 is 0 Å². The topological polar surface area (TPSA) is 68.2 Å². The van der Waals surface area contributed by atoms with Crippen molar-refractivity contribution in [1.82, 2.24) is 15.2 Å². The first-order valence-electron chi connectivity index (χ1n) is 8.85. The molecule has 29 heavy (non-hydrogen) atoms. The molecule has 0 saturated heterocycles. The van der Waals surface area contributed by atoms with Crippen molar-refractivity contribution in [2.24, 2.45) is 0 Å². The molecule has 0 spiro atoms. The molecular formula is C20H16ClFN4O2S. The Kier molecular flexibility index (Phi) is 5.38. The van der Waals surface area contributed by atoms with E-state index in [9.17, 15) is 9.18 Å². The molecule has 1 amide bonds. The number of halogens is 2. The highest BCUT2D eigenvalue weighted by Crippen LogP contribution is 2.44. The van der Waals surface area contributed by atoms with E-state index in [-0.39, 0.29) is 23.8 Å². The van der Waals surface area contributed by atoms with E-state index < -0.39 is 12.0 Å². The third-order valence-electron chi connectivity index (χ3n) is 4.49. The van der Waals surface area contributed by atoms with Gasteiger partial charge in [-0.2, -0.15) is 4.98 Å². The molecule has 1 aromatic heterocycles. The number of carbonyl (C=O) groups is 1. The second-order valence-electron chi connectivity index (χ2n) is 6.22. The largest absolute Gasteiger partial charge is 0.447 e. The Bertz CT molecular complexity index is 1100. The number of anilines is 1. The van der Waals surface area contributed by atoms with Crippen LogP contribution in [0.15, 0.2) is 47.6 Å². The molecule has 0 radical (unpaired) electrons. The number of hydrogen-bond donors (Lipinski definition) is 0. The summed E-state index contributed by atoms with van der Waals surface area (Å²) in [7, 11) is 0. The van der Waals surface area contributed by atoms with Gasteiger partial charge in [-0.05, 0) is 30.5 Å². The molecular weight excluding hydrogens is 415 g/mol. The molecule has 2 heterocycles. The van der Waals surface area contributed by atoms with E-state index in [1.54, 1.807) is 43.3 Å². The van der Waals surface area contributed by atoms with Gasteiger partial charge in [-0.1, -0.05) is 48.5 Å². The SMILES string of the molecule is CCC(=O)N1c2ccc(Cl)cc2-c2nnc(SC)nc2OC1c1ccccc1F. The lowest BCUT2D eigenvalue weighted by molar-refractivity contribution is -0.120. The van der Waals surface area contributed by atoms with Crippen molar-refractivity contribution in [2.75, 3.05) is 11.2 Å². The summed E-state index contributed by atoms with van der Waals surface area (Å²) in [5.74, 6) is -0.572. The molecule has 1 aliphatic rings. The van der Waals surface area contributed by atoms with Crippen molar-refractivity contribution in [1.29, 1.82) is 0 Å². The summed E-state index contributed by atoms with van der Waals surface area (Å²) in [6.07, 6.45) is 0.949. The van der Waals surface area contributed by atoms with E-state index in [0.717, 1.165) is 0 Å². The molecule has 0 aliphatic carbocycles. The van der Waals surface area contributed by atoms with Crippen LogP contribution in [0.25, 0.3) is 11.3 Å². The van der Waals surface area contributed by atoms with Crippen molar-refractivity contribution in [3.63, 3.8) is 0 Å². The smallest absolute Gasteiger partial charge is 0.247 e. The Morgan fingerprint density at radius 3 is 2.79 bits per heavy atom. The predicted octanol–water partition coefficient (Wildman–Crippen LogP) is 4.89. The highest BCUT2D eigenvalue weighted by atomic mass is 35.5. The fourth-order valence-electron chi connectivity index (χ4n) is 3.14. The van der Waals surface area contributed by atoms with Crippen LogP contribution in [0, 0.1) is 5.82 Å². The van der Waals surface area contributed by atoms with Crippen molar-refractivity contribution in [3.8, 4) is 17.1 Å². The summed E-state index contributed by atoms with van der Waals surface area (Å²) in [5, 5.41) is 9.20. The molecule has 0 saturated carbocycles. The van der Waals surface area contributed by atoms with Gasteiger partial charge in [0, 0.05) is 22.6 Å². The maximum atomic E-state index is 14.7. The van der Waals surface area contributed by atoms with E-state index in [1.165, 1.54) is 22.7 Å². The minimum absolute atomic E-state index is 0.160. The highest BCUT2D eigenvalue weighted by Gasteiger charge is 2.36. The van der Waals surface area contributed by atoms with Gasteiger partial charge in [0.1, 0.15) is 5.82 Å².